The molecule has 12 nitrogen and oxygen atoms in total. The Kier molecular flexibility index (Phi) is 6.55. The highest BCUT2D eigenvalue weighted by Gasteiger charge is 2.22. The first-order valence-electron chi connectivity index (χ1n) is 11.9. The van der Waals surface area contributed by atoms with Gasteiger partial charge in [0.15, 0.2) is 17.2 Å². The zero-order chi connectivity index (χ0) is 26.9. The first-order chi connectivity index (χ1) is 19.0. The number of halogens is 2. The van der Waals surface area contributed by atoms with Crippen LogP contribution in [0.5, 0.6) is 11.5 Å². The second-order valence-corrected chi connectivity index (χ2v) is 9.38. The maximum Gasteiger partial charge on any atom is 0.246 e. The molecule has 0 aliphatic carbocycles. The van der Waals surface area contributed by atoms with Crippen molar-refractivity contribution in [2.24, 2.45) is 0 Å². The summed E-state index contributed by atoms with van der Waals surface area (Å²) < 4.78 is 7.57. The quantitative estimate of drug-likeness (QED) is 0.301. The molecule has 1 saturated heterocycles. The first kappa shape index (κ1) is 24.8. The zero-order valence-corrected chi connectivity index (χ0v) is 21.8. The van der Waals surface area contributed by atoms with Gasteiger partial charge in [-0.3, -0.25) is 4.79 Å². The van der Waals surface area contributed by atoms with Crippen LogP contribution in [0, 0.1) is 0 Å². The number of benzene rings is 1. The molecule has 0 spiro atoms. The molecule has 0 saturated carbocycles. The number of carbonyl (C=O) groups is 1. The Morgan fingerprint density at radius 3 is 2.59 bits per heavy atom. The van der Waals surface area contributed by atoms with Crippen LogP contribution in [-0.2, 0) is 4.79 Å². The maximum atomic E-state index is 11.9. The number of fused-ring (bicyclic) bond motifs is 2. The van der Waals surface area contributed by atoms with E-state index in [9.17, 15) is 4.79 Å². The molecule has 14 heteroatoms. The normalized spacial score (nSPS) is 13.6. The minimum absolute atomic E-state index is 0.0842. The van der Waals surface area contributed by atoms with Gasteiger partial charge in [0.25, 0.3) is 0 Å². The fourth-order valence-electron chi connectivity index (χ4n) is 4.19. The molecule has 0 radical (unpaired) electrons. The summed E-state index contributed by atoms with van der Waals surface area (Å²) in [5, 5.41) is 7.90. The van der Waals surface area contributed by atoms with E-state index in [0.717, 1.165) is 0 Å². The summed E-state index contributed by atoms with van der Waals surface area (Å²) >= 11 is 13.1. The number of carbonyl (C=O) groups excluding carboxylic acids is 1. The predicted molar refractivity (Wildman–Crippen MR) is 147 cm³/mol. The van der Waals surface area contributed by atoms with Crippen LogP contribution in [0.25, 0.3) is 16.7 Å². The van der Waals surface area contributed by atoms with Crippen molar-refractivity contribution in [2.45, 2.75) is 0 Å². The minimum atomic E-state index is -0.0842. The Morgan fingerprint density at radius 1 is 1.03 bits per heavy atom. The van der Waals surface area contributed by atoms with E-state index in [2.05, 4.69) is 36.9 Å². The first-order valence-corrected chi connectivity index (χ1v) is 12.6. The van der Waals surface area contributed by atoms with Gasteiger partial charge in [0.2, 0.25) is 11.9 Å². The Labute approximate surface area is 231 Å². The van der Waals surface area contributed by atoms with Gasteiger partial charge in [0.1, 0.15) is 29.4 Å². The van der Waals surface area contributed by atoms with Crippen LogP contribution in [0.4, 0.5) is 17.5 Å². The van der Waals surface area contributed by atoms with Gasteiger partial charge in [-0.15, -0.1) is 0 Å². The molecule has 6 rings (SSSR count). The molecule has 0 atom stereocenters. The van der Waals surface area contributed by atoms with Gasteiger partial charge < -0.3 is 19.9 Å². The fourth-order valence-corrected chi connectivity index (χ4v) is 4.75. The van der Waals surface area contributed by atoms with E-state index in [-0.39, 0.29) is 5.91 Å². The van der Waals surface area contributed by atoms with Crippen LogP contribution in [0.3, 0.4) is 0 Å². The Balaban J connectivity index is 1.24. The number of rotatable bonds is 6. The van der Waals surface area contributed by atoms with Gasteiger partial charge in [0.05, 0.1) is 16.2 Å². The molecule has 39 heavy (non-hydrogen) atoms. The van der Waals surface area contributed by atoms with Crippen molar-refractivity contribution in [1.29, 1.82) is 0 Å². The van der Waals surface area contributed by atoms with Crippen LogP contribution in [-0.4, -0.2) is 71.5 Å². The second kappa shape index (κ2) is 10.3. The molecule has 1 amide bonds. The van der Waals surface area contributed by atoms with Crippen molar-refractivity contribution in [3.8, 4) is 11.5 Å². The topological polar surface area (TPSA) is 127 Å². The minimum Gasteiger partial charge on any atom is -0.454 e. The molecule has 1 fully saturated rings. The number of anilines is 3. The molecule has 1 N–H and O–H groups in total. The lowest BCUT2D eigenvalue weighted by atomic mass is 10.2. The highest BCUT2D eigenvalue weighted by Crippen LogP contribution is 2.39. The second-order valence-electron chi connectivity index (χ2n) is 8.56. The third kappa shape index (κ3) is 4.99. The van der Waals surface area contributed by atoms with E-state index in [0.29, 0.717) is 81.9 Å². The molecule has 1 aliphatic heterocycles. The maximum absolute atomic E-state index is 11.9. The molecule has 4 aromatic heterocycles. The summed E-state index contributed by atoms with van der Waals surface area (Å²) in [6.07, 6.45) is 7.58. The van der Waals surface area contributed by atoms with Crippen molar-refractivity contribution in [1.82, 2.24) is 39.4 Å². The number of nitrogens with zero attached hydrogens (tertiary/aromatic N) is 9. The van der Waals surface area contributed by atoms with E-state index in [1.165, 1.54) is 18.7 Å². The number of nitrogens with one attached hydrogen (secondary N) is 1. The Morgan fingerprint density at radius 2 is 1.82 bits per heavy atom. The lowest BCUT2D eigenvalue weighted by molar-refractivity contribution is -0.126. The van der Waals surface area contributed by atoms with Crippen molar-refractivity contribution < 1.29 is 9.53 Å². The molecule has 196 valence electrons. The molecular weight excluding hydrogens is 543 g/mol. The monoisotopic (exact) mass is 562 g/mol. The molecule has 5 aromatic rings. The van der Waals surface area contributed by atoms with Gasteiger partial charge in [-0.2, -0.15) is 5.10 Å². The predicted octanol–water partition coefficient (Wildman–Crippen LogP) is 4.14. The molecular formula is C25H20Cl2N10O2. The Hall–Kier alpha value is -4.55. The number of pyridine rings is 1. The number of amides is 1. The van der Waals surface area contributed by atoms with Gasteiger partial charge in [-0.1, -0.05) is 29.8 Å². The van der Waals surface area contributed by atoms with Crippen LogP contribution < -0.4 is 15.0 Å². The number of aromatic nitrogens is 7. The van der Waals surface area contributed by atoms with Gasteiger partial charge in [-0.25, -0.2) is 29.4 Å². The van der Waals surface area contributed by atoms with E-state index in [1.54, 1.807) is 46.1 Å². The smallest absolute Gasteiger partial charge is 0.246 e. The van der Waals surface area contributed by atoms with E-state index < -0.39 is 0 Å². The average molecular weight is 563 g/mol. The summed E-state index contributed by atoms with van der Waals surface area (Å²) in [7, 11) is 0. The summed E-state index contributed by atoms with van der Waals surface area (Å²) in [5.41, 5.74) is 2.31. The molecule has 0 bridgehead atoms. The fraction of sp³-hybridized carbons (Fsp3) is 0.160. The van der Waals surface area contributed by atoms with E-state index in [1.807, 2.05) is 4.90 Å². The van der Waals surface area contributed by atoms with E-state index in [4.69, 9.17) is 32.9 Å². The zero-order valence-electron chi connectivity index (χ0n) is 20.3. The molecule has 0 unspecified atom stereocenters. The highest BCUT2D eigenvalue weighted by atomic mass is 35.5. The highest BCUT2D eigenvalue weighted by molar-refractivity contribution is 6.37. The summed E-state index contributed by atoms with van der Waals surface area (Å²) in [5.74, 6) is 1.72. The third-order valence-electron chi connectivity index (χ3n) is 6.15. The lowest BCUT2D eigenvalue weighted by Gasteiger charge is -2.34. The van der Waals surface area contributed by atoms with Crippen LogP contribution in [0.15, 0.2) is 62.0 Å². The third-order valence-corrected chi connectivity index (χ3v) is 6.71. The number of piperazine rings is 1. The van der Waals surface area contributed by atoms with Crippen LogP contribution in [0.1, 0.15) is 0 Å². The molecule has 5 heterocycles. The summed E-state index contributed by atoms with van der Waals surface area (Å²) in [6, 6.07) is 6.84. The standard InChI is InChI=1S/C25H20Cl2N10O2/c1-2-21(38)35-5-7-36(8-6-35)25-28-12-19-22(34-25)24(31-13-29-19)33-15-9-17(26)23(18(27)10-15)39-16-3-4-37-20(11-16)30-14-32-37/h2-4,9-14H,1,5-8H2,(H,29,31,33). The lowest BCUT2D eigenvalue weighted by Crippen LogP contribution is -2.48. The average Bonchev–Trinajstić information content (AvgIpc) is 3.43. The number of hydrogen-bond donors (Lipinski definition) is 1. The number of hydrogen-bond acceptors (Lipinski definition) is 10. The molecule has 1 aliphatic rings. The van der Waals surface area contributed by atoms with Gasteiger partial charge >= 0.3 is 0 Å². The largest absolute Gasteiger partial charge is 0.454 e. The van der Waals surface area contributed by atoms with Crippen molar-refractivity contribution in [2.75, 3.05) is 36.4 Å². The molecule has 1 aromatic carbocycles. The van der Waals surface area contributed by atoms with Crippen molar-refractivity contribution in [3.05, 3.63) is 72.0 Å². The summed E-state index contributed by atoms with van der Waals surface area (Å²) in [4.78, 5) is 37.7. The van der Waals surface area contributed by atoms with Gasteiger partial charge in [0, 0.05) is 44.1 Å². The van der Waals surface area contributed by atoms with Crippen molar-refractivity contribution in [3.63, 3.8) is 0 Å². The summed E-state index contributed by atoms with van der Waals surface area (Å²) in [6.45, 7) is 5.86. The van der Waals surface area contributed by atoms with Gasteiger partial charge in [-0.05, 0) is 24.3 Å². The SMILES string of the molecule is C=CC(=O)N1CCN(c2ncc3ncnc(Nc4cc(Cl)c(Oc5ccn6ncnc6c5)c(Cl)c4)c3n2)CC1. The Bertz CT molecular complexity index is 1700. The van der Waals surface area contributed by atoms with Crippen molar-refractivity contribution >= 4 is 63.2 Å². The number of ether oxygens (including phenoxy) is 1. The van der Waals surface area contributed by atoms with E-state index >= 15 is 0 Å². The van der Waals surface area contributed by atoms with Crippen LogP contribution >= 0.6 is 23.2 Å². The van der Waals surface area contributed by atoms with Crippen LogP contribution in [0.2, 0.25) is 10.0 Å².